The molecule has 6 heteroatoms. The second-order valence-electron chi connectivity index (χ2n) is 3.57. The molecule has 0 fully saturated rings. The van der Waals surface area contributed by atoms with Crippen LogP contribution >= 0.6 is 0 Å². The molecular weight excluding hydrogens is 232 g/mol. The summed E-state index contributed by atoms with van der Waals surface area (Å²) < 4.78 is 10.2. The summed E-state index contributed by atoms with van der Waals surface area (Å²) in [6.07, 6.45) is 4.87. The van der Waals surface area contributed by atoms with Gasteiger partial charge in [0.1, 0.15) is 5.69 Å². The Bertz CT molecular complexity index is 519. The minimum atomic E-state index is -0.415. The summed E-state index contributed by atoms with van der Waals surface area (Å²) in [5.41, 5.74) is 7.58. The van der Waals surface area contributed by atoms with Crippen molar-refractivity contribution in [2.45, 2.75) is 6.04 Å². The summed E-state index contributed by atoms with van der Waals surface area (Å²) in [4.78, 5) is 12.3. The second-order valence-corrected chi connectivity index (χ2v) is 3.57. The molecule has 0 bridgehead atoms. The first kappa shape index (κ1) is 12.3. The summed E-state index contributed by atoms with van der Waals surface area (Å²) in [5, 5.41) is 0. The summed E-state index contributed by atoms with van der Waals surface area (Å²) >= 11 is 0. The van der Waals surface area contributed by atoms with Crippen LogP contribution in [0.4, 0.5) is 0 Å². The number of nitrogens with zero attached hydrogens (tertiary/aromatic N) is 3. The Balaban J connectivity index is 2.38. The molecule has 94 valence electrons. The number of pyridine rings is 1. The molecule has 0 aromatic carbocycles. The molecule has 18 heavy (non-hydrogen) atoms. The molecule has 2 rings (SSSR count). The maximum atomic E-state index is 6.13. The van der Waals surface area contributed by atoms with E-state index in [-0.39, 0.29) is 0 Å². The van der Waals surface area contributed by atoms with E-state index in [0.29, 0.717) is 17.5 Å². The van der Waals surface area contributed by atoms with E-state index in [9.17, 15) is 0 Å². The summed E-state index contributed by atoms with van der Waals surface area (Å²) in [6, 6.07) is 3.24. The topological polar surface area (TPSA) is 83.2 Å². The standard InChI is InChI=1S/C12H14N4O2/c1-17-9-7-15-11(12(16-9)18-2)10(13)8-3-5-14-6-4-8/h3-7,10H,13H2,1-2H3. The summed E-state index contributed by atoms with van der Waals surface area (Å²) in [5.74, 6) is 0.746. The highest BCUT2D eigenvalue weighted by Gasteiger charge is 2.17. The van der Waals surface area contributed by atoms with Crippen LogP contribution in [0.15, 0.2) is 30.7 Å². The van der Waals surface area contributed by atoms with Crippen LogP contribution in [-0.4, -0.2) is 29.2 Å². The highest BCUT2D eigenvalue weighted by molar-refractivity contribution is 5.32. The van der Waals surface area contributed by atoms with Gasteiger partial charge in [0.05, 0.1) is 26.5 Å². The van der Waals surface area contributed by atoms with E-state index in [1.165, 1.54) is 20.4 Å². The van der Waals surface area contributed by atoms with Gasteiger partial charge in [-0.2, -0.15) is 4.98 Å². The Hall–Kier alpha value is -2.21. The van der Waals surface area contributed by atoms with Crippen molar-refractivity contribution in [1.29, 1.82) is 0 Å². The van der Waals surface area contributed by atoms with Crippen molar-refractivity contribution in [3.05, 3.63) is 42.0 Å². The first-order chi connectivity index (χ1) is 8.76. The zero-order valence-electron chi connectivity index (χ0n) is 10.2. The first-order valence-corrected chi connectivity index (χ1v) is 5.36. The van der Waals surface area contributed by atoms with E-state index >= 15 is 0 Å². The minimum Gasteiger partial charge on any atom is -0.480 e. The quantitative estimate of drug-likeness (QED) is 0.864. The van der Waals surface area contributed by atoms with Crippen molar-refractivity contribution >= 4 is 0 Å². The molecule has 0 saturated carbocycles. The van der Waals surface area contributed by atoms with Gasteiger partial charge < -0.3 is 15.2 Å². The number of aromatic nitrogens is 3. The normalized spacial score (nSPS) is 11.9. The van der Waals surface area contributed by atoms with Crippen molar-refractivity contribution in [2.75, 3.05) is 14.2 Å². The minimum absolute atomic E-state index is 0.360. The average molecular weight is 246 g/mol. The maximum absolute atomic E-state index is 6.13. The molecule has 2 N–H and O–H groups in total. The zero-order valence-corrected chi connectivity index (χ0v) is 10.2. The van der Waals surface area contributed by atoms with Gasteiger partial charge in [0.2, 0.25) is 11.8 Å². The molecular formula is C12H14N4O2. The van der Waals surface area contributed by atoms with E-state index in [2.05, 4.69) is 15.0 Å². The fraction of sp³-hybridized carbons (Fsp3) is 0.250. The van der Waals surface area contributed by atoms with Gasteiger partial charge in [-0.15, -0.1) is 0 Å². The molecule has 6 nitrogen and oxygen atoms in total. The van der Waals surface area contributed by atoms with Crippen molar-refractivity contribution in [2.24, 2.45) is 5.73 Å². The number of hydrogen-bond donors (Lipinski definition) is 1. The number of nitrogens with two attached hydrogens (primary N) is 1. The zero-order chi connectivity index (χ0) is 13.0. The van der Waals surface area contributed by atoms with Gasteiger partial charge in [-0.25, -0.2) is 4.98 Å². The highest BCUT2D eigenvalue weighted by atomic mass is 16.5. The van der Waals surface area contributed by atoms with Gasteiger partial charge in [0.15, 0.2) is 0 Å². The largest absolute Gasteiger partial charge is 0.480 e. The monoisotopic (exact) mass is 246 g/mol. The van der Waals surface area contributed by atoms with Gasteiger partial charge in [-0.3, -0.25) is 4.98 Å². The van der Waals surface area contributed by atoms with Gasteiger partial charge in [0.25, 0.3) is 0 Å². The van der Waals surface area contributed by atoms with Crippen molar-refractivity contribution in [3.63, 3.8) is 0 Å². The predicted molar refractivity (Wildman–Crippen MR) is 65.4 cm³/mol. The Kier molecular flexibility index (Phi) is 3.69. The molecule has 2 aromatic rings. The van der Waals surface area contributed by atoms with E-state index in [1.54, 1.807) is 12.4 Å². The predicted octanol–water partition coefficient (Wildman–Crippen LogP) is 0.937. The molecule has 0 radical (unpaired) electrons. The lowest BCUT2D eigenvalue weighted by Gasteiger charge is -2.14. The van der Waals surface area contributed by atoms with Crippen LogP contribution < -0.4 is 15.2 Å². The highest BCUT2D eigenvalue weighted by Crippen LogP contribution is 2.25. The van der Waals surface area contributed by atoms with E-state index in [1.807, 2.05) is 12.1 Å². The van der Waals surface area contributed by atoms with Gasteiger partial charge in [0, 0.05) is 12.4 Å². The lowest BCUT2D eigenvalue weighted by atomic mass is 10.1. The molecule has 0 amide bonds. The first-order valence-electron chi connectivity index (χ1n) is 5.36. The third-order valence-corrected chi connectivity index (χ3v) is 2.51. The molecule has 0 saturated heterocycles. The van der Waals surface area contributed by atoms with Crippen LogP contribution in [0.2, 0.25) is 0 Å². The van der Waals surface area contributed by atoms with E-state index in [0.717, 1.165) is 5.56 Å². The molecule has 1 unspecified atom stereocenters. The fourth-order valence-corrected chi connectivity index (χ4v) is 1.56. The van der Waals surface area contributed by atoms with E-state index in [4.69, 9.17) is 15.2 Å². The Morgan fingerprint density at radius 2 is 1.89 bits per heavy atom. The molecule has 2 aromatic heterocycles. The summed E-state index contributed by atoms with van der Waals surface area (Å²) in [7, 11) is 3.04. The molecule has 2 heterocycles. The van der Waals surface area contributed by atoms with Crippen LogP contribution in [0.3, 0.4) is 0 Å². The lowest BCUT2D eigenvalue weighted by molar-refractivity contribution is 0.355. The maximum Gasteiger partial charge on any atom is 0.240 e. The van der Waals surface area contributed by atoms with E-state index < -0.39 is 6.04 Å². The third kappa shape index (κ3) is 2.38. The molecule has 0 aliphatic heterocycles. The molecule has 0 spiro atoms. The van der Waals surface area contributed by atoms with Crippen LogP contribution in [0.5, 0.6) is 11.8 Å². The number of ether oxygens (including phenoxy) is 2. The van der Waals surface area contributed by atoms with Gasteiger partial charge in [-0.1, -0.05) is 0 Å². The smallest absolute Gasteiger partial charge is 0.240 e. The second kappa shape index (κ2) is 5.42. The SMILES string of the molecule is COc1cnc(C(N)c2ccncc2)c(OC)n1. The van der Waals surface area contributed by atoms with Crippen LogP contribution in [-0.2, 0) is 0 Å². The molecule has 0 aliphatic rings. The van der Waals surface area contributed by atoms with Crippen molar-refractivity contribution < 1.29 is 9.47 Å². The Labute approximate surface area is 105 Å². The van der Waals surface area contributed by atoms with Crippen LogP contribution in [0.1, 0.15) is 17.3 Å². The number of hydrogen-bond acceptors (Lipinski definition) is 6. The Morgan fingerprint density at radius 3 is 2.50 bits per heavy atom. The van der Waals surface area contributed by atoms with Crippen molar-refractivity contribution in [1.82, 2.24) is 15.0 Å². The third-order valence-electron chi connectivity index (χ3n) is 2.51. The van der Waals surface area contributed by atoms with Gasteiger partial charge >= 0.3 is 0 Å². The average Bonchev–Trinajstić information content (AvgIpc) is 2.46. The number of rotatable bonds is 4. The molecule has 1 atom stereocenters. The summed E-state index contributed by atoms with van der Waals surface area (Å²) in [6.45, 7) is 0. The van der Waals surface area contributed by atoms with Crippen LogP contribution in [0, 0.1) is 0 Å². The van der Waals surface area contributed by atoms with Gasteiger partial charge in [-0.05, 0) is 17.7 Å². The molecule has 0 aliphatic carbocycles. The number of methoxy groups -OCH3 is 2. The van der Waals surface area contributed by atoms with Crippen LogP contribution in [0.25, 0.3) is 0 Å². The Morgan fingerprint density at radius 1 is 1.17 bits per heavy atom. The van der Waals surface area contributed by atoms with Crippen molar-refractivity contribution in [3.8, 4) is 11.8 Å². The lowest BCUT2D eigenvalue weighted by Crippen LogP contribution is -2.15. The fourth-order valence-electron chi connectivity index (χ4n) is 1.56.